The lowest BCUT2D eigenvalue weighted by Gasteiger charge is -2.50. The van der Waals surface area contributed by atoms with Gasteiger partial charge in [0.2, 0.25) is 0 Å². The van der Waals surface area contributed by atoms with Crippen LogP contribution in [0.25, 0.3) is 0 Å². The van der Waals surface area contributed by atoms with Crippen LogP contribution in [0.3, 0.4) is 0 Å². The molecule has 2 nitrogen and oxygen atoms in total. The standard InChI is InChI=1S/C16H31F3N2/c1-5-20-14(9-7-11-16(17,18)19)15(21(3)4)10-6-8-13(2)12-15/h13-14,20H,5-12H2,1-4H3. The van der Waals surface area contributed by atoms with E-state index in [0.717, 1.165) is 19.4 Å². The Labute approximate surface area is 127 Å². The first-order valence-corrected chi connectivity index (χ1v) is 8.19. The maximum Gasteiger partial charge on any atom is 0.389 e. The number of nitrogens with zero attached hydrogens (tertiary/aromatic N) is 1. The van der Waals surface area contributed by atoms with E-state index in [2.05, 4.69) is 31.2 Å². The summed E-state index contributed by atoms with van der Waals surface area (Å²) in [7, 11) is 4.15. The van der Waals surface area contributed by atoms with E-state index in [0.29, 0.717) is 12.3 Å². The summed E-state index contributed by atoms with van der Waals surface area (Å²) in [6, 6.07) is 0.141. The van der Waals surface area contributed by atoms with E-state index in [1.54, 1.807) is 0 Å². The summed E-state index contributed by atoms with van der Waals surface area (Å²) >= 11 is 0. The Morgan fingerprint density at radius 1 is 1.33 bits per heavy atom. The number of nitrogens with one attached hydrogen (secondary N) is 1. The Balaban J connectivity index is 2.78. The highest BCUT2D eigenvalue weighted by Gasteiger charge is 2.43. The molecule has 1 rings (SSSR count). The van der Waals surface area contributed by atoms with Gasteiger partial charge < -0.3 is 10.2 Å². The maximum absolute atomic E-state index is 12.4. The van der Waals surface area contributed by atoms with Gasteiger partial charge in [0, 0.05) is 18.0 Å². The second-order valence-corrected chi connectivity index (χ2v) is 6.82. The SMILES string of the molecule is CCNC(CCCC(F)(F)F)C1(N(C)C)CCCC(C)C1. The van der Waals surface area contributed by atoms with Crippen LogP contribution in [0.4, 0.5) is 13.2 Å². The normalized spacial score (nSPS) is 28.9. The summed E-state index contributed by atoms with van der Waals surface area (Å²) in [5, 5.41) is 3.47. The van der Waals surface area contributed by atoms with Crippen molar-refractivity contribution in [2.45, 2.75) is 76.6 Å². The molecule has 1 saturated carbocycles. The lowest BCUT2D eigenvalue weighted by Crippen LogP contribution is -2.61. The van der Waals surface area contributed by atoms with Gasteiger partial charge in [0.1, 0.15) is 0 Å². The van der Waals surface area contributed by atoms with Crippen LogP contribution in [0, 0.1) is 5.92 Å². The molecule has 0 heterocycles. The molecule has 0 radical (unpaired) electrons. The number of hydrogen-bond acceptors (Lipinski definition) is 2. The second kappa shape index (κ2) is 7.82. The Morgan fingerprint density at radius 2 is 2.00 bits per heavy atom. The van der Waals surface area contributed by atoms with Crippen molar-refractivity contribution in [3.8, 4) is 0 Å². The van der Waals surface area contributed by atoms with Gasteiger partial charge in [-0.1, -0.05) is 26.7 Å². The minimum Gasteiger partial charge on any atom is -0.312 e. The largest absolute Gasteiger partial charge is 0.389 e. The summed E-state index contributed by atoms with van der Waals surface area (Å²) in [5.41, 5.74) is -0.000719. The summed E-state index contributed by atoms with van der Waals surface area (Å²) < 4.78 is 37.3. The maximum atomic E-state index is 12.4. The number of rotatable bonds is 7. The molecule has 1 N–H and O–H groups in total. The molecule has 0 spiro atoms. The molecule has 1 aliphatic rings. The summed E-state index contributed by atoms with van der Waals surface area (Å²) in [6.07, 6.45) is 0.647. The Morgan fingerprint density at radius 3 is 2.48 bits per heavy atom. The molecule has 0 aromatic rings. The molecule has 1 fully saturated rings. The summed E-state index contributed by atoms with van der Waals surface area (Å²) in [6.45, 7) is 5.10. The molecule has 0 amide bonds. The Kier molecular flexibility index (Phi) is 6.98. The minimum atomic E-state index is -4.04. The van der Waals surface area contributed by atoms with Crippen molar-refractivity contribution >= 4 is 0 Å². The van der Waals surface area contributed by atoms with E-state index < -0.39 is 12.6 Å². The van der Waals surface area contributed by atoms with Crippen molar-refractivity contribution in [1.29, 1.82) is 0 Å². The fourth-order valence-electron chi connectivity index (χ4n) is 3.91. The molecular formula is C16H31F3N2. The number of halogens is 3. The Bertz CT molecular complexity index is 304. The van der Waals surface area contributed by atoms with Crippen LogP contribution in [-0.4, -0.2) is 43.3 Å². The van der Waals surface area contributed by atoms with Gasteiger partial charge in [-0.2, -0.15) is 13.2 Å². The molecule has 0 bridgehead atoms. The van der Waals surface area contributed by atoms with Crippen molar-refractivity contribution in [2.75, 3.05) is 20.6 Å². The molecule has 3 atom stereocenters. The van der Waals surface area contributed by atoms with Crippen LogP contribution in [0.15, 0.2) is 0 Å². The molecule has 3 unspecified atom stereocenters. The van der Waals surface area contributed by atoms with E-state index in [-0.39, 0.29) is 18.0 Å². The molecule has 1 aliphatic carbocycles. The van der Waals surface area contributed by atoms with E-state index in [9.17, 15) is 13.2 Å². The number of likely N-dealkylation sites (N-methyl/N-ethyl adjacent to an activating group) is 2. The van der Waals surface area contributed by atoms with E-state index in [4.69, 9.17) is 0 Å². The van der Waals surface area contributed by atoms with Gasteiger partial charge in [0.15, 0.2) is 0 Å². The molecular weight excluding hydrogens is 277 g/mol. The second-order valence-electron chi connectivity index (χ2n) is 6.82. The molecule has 21 heavy (non-hydrogen) atoms. The predicted octanol–water partition coefficient (Wildman–Crippen LogP) is 4.21. The molecule has 0 aliphatic heterocycles. The molecule has 126 valence electrons. The zero-order chi connectivity index (χ0) is 16.1. The smallest absolute Gasteiger partial charge is 0.312 e. The van der Waals surface area contributed by atoms with Crippen molar-refractivity contribution in [1.82, 2.24) is 10.2 Å². The van der Waals surface area contributed by atoms with Crippen LogP contribution in [0.2, 0.25) is 0 Å². The van der Waals surface area contributed by atoms with E-state index in [1.165, 1.54) is 12.8 Å². The quantitative estimate of drug-likeness (QED) is 0.758. The van der Waals surface area contributed by atoms with Crippen molar-refractivity contribution < 1.29 is 13.2 Å². The highest BCUT2D eigenvalue weighted by atomic mass is 19.4. The first-order valence-electron chi connectivity index (χ1n) is 8.19. The van der Waals surface area contributed by atoms with E-state index >= 15 is 0 Å². The average Bonchev–Trinajstić information content (AvgIpc) is 2.36. The zero-order valence-electron chi connectivity index (χ0n) is 13.9. The average molecular weight is 308 g/mol. The summed E-state index contributed by atoms with van der Waals surface area (Å²) in [5.74, 6) is 0.643. The van der Waals surface area contributed by atoms with Gasteiger partial charge in [-0.3, -0.25) is 0 Å². The third-order valence-corrected chi connectivity index (χ3v) is 4.95. The highest BCUT2D eigenvalue weighted by molar-refractivity contribution is 5.01. The number of alkyl halides is 3. The third kappa shape index (κ3) is 5.44. The number of hydrogen-bond donors (Lipinski definition) is 1. The van der Waals surface area contributed by atoms with Crippen molar-refractivity contribution in [3.63, 3.8) is 0 Å². The third-order valence-electron chi connectivity index (χ3n) is 4.95. The Hall–Kier alpha value is -0.290. The van der Waals surface area contributed by atoms with Gasteiger partial charge >= 0.3 is 6.18 Å². The molecule has 0 aromatic heterocycles. The monoisotopic (exact) mass is 308 g/mol. The van der Waals surface area contributed by atoms with Crippen LogP contribution >= 0.6 is 0 Å². The van der Waals surface area contributed by atoms with E-state index in [1.807, 2.05) is 6.92 Å². The van der Waals surface area contributed by atoms with Crippen LogP contribution in [0.1, 0.15) is 58.8 Å². The van der Waals surface area contributed by atoms with Crippen LogP contribution in [0.5, 0.6) is 0 Å². The molecule has 0 saturated heterocycles. The zero-order valence-corrected chi connectivity index (χ0v) is 13.9. The summed E-state index contributed by atoms with van der Waals surface area (Å²) in [4.78, 5) is 2.25. The first-order chi connectivity index (χ1) is 9.71. The van der Waals surface area contributed by atoms with Crippen molar-refractivity contribution in [3.05, 3.63) is 0 Å². The lowest BCUT2D eigenvalue weighted by atomic mass is 9.70. The fourth-order valence-corrected chi connectivity index (χ4v) is 3.91. The lowest BCUT2D eigenvalue weighted by molar-refractivity contribution is -0.136. The van der Waals surface area contributed by atoms with Crippen LogP contribution in [-0.2, 0) is 0 Å². The highest BCUT2D eigenvalue weighted by Crippen LogP contribution is 2.40. The van der Waals surface area contributed by atoms with Crippen LogP contribution < -0.4 is 5.32 Å². The molecule has 0 aromatic carbocycles. The van der Waals surface area contributed by atoms with Crippen molar-refractivity contribution in [2.24, 2.45) is 5.92 Å². The fraction of sp³-hybridized carbons (Fsp3) is 1.00. The first kappa shape index (κ1) is 18.8. The van der Waals surface area contributed by atoms with Gasteiger partial charge in [0.05, 0.1) is 0 Å². The topological polar surface area (TPSA) is 15.3 Å². The van der Waals surface area contributed by atoms with Gasteiger partial charge in [-0.15, -0.1) is 0 Å². The van der Waals surface area contributed by atoms with Gasteiger partial charge in [-0.05, 0) is 52.2 Å². The predicted molar refractivity (Wildman–Crippen MR) is 81.4 cm³/mol. The van der Waals surface area contributed by atoms with Gasteiger partial charge in [0.25, 0.3) is 0 Å². The van der Waals surface area contributed by atoms with Gasteiger partial charge in [-0.25, -0.2) is 0 Å². The molecule has 5 heteroatoms. The minimum absolute atomic E-state index is 0.000719.